The predicted molar refractivity (Wildman–Crippen MR) is 119 cm³/mol. The summed E-state index contributed by atoms with van der Waals surface area (Å²) in [6.07, 6.45) is -0.0236. The van der Waals surface area contributed by atoms with Crippen molar-refractivity contribution in [2.24, 2.45) is 0 Å². The van der Waals surface area contributed by atoms with Crippen molar-refractivity contribution in [1.29, 1.82) is 0 Å². The second-order valence-corrected chi connectivity index (χ2v) is 8.28. The van der Waals surface area contributed by atoms with Crippen molar-refractivity contribution >= 4 is 29.7 Å². The second-order valence-electron chi connectivity index (χ2n) is 6.94. The SMILES string of the molecule is C=CCO[C@H]1C(OC(C)=O)S[C@H](COC(=O)c2ccccc2)[C@@H]1OC(=O)c1ccccc1. The lowest BCUT2D eigenvalue weighted by atomic mass is 10.1. The quantitative estimate of drug-likeness (QED) is 0.321. The summed E-state index contributed by atoms with van der Waals surface area (Å²) in [5.41, 5.74) is 0.0432. The van der Waals surface area contributed by atoms with Crippen molar-refractivity contribution in [1.82, 2.24) is 0 Å². The Kier molecular flexibility index (Phi) is 8.47. The van der Waals surface area contributed by atoms with E-state index in [1.165, 1.54) is 18.7 Å². The number of hydrogen-bond acceptors (Lipinski definition) is 8. The lowest BCUT2D eigenvalue weighted by molar-refractivity contribution is -0.150. The van der Waals surface area contributed by atoms with Crippen LogP contribution < -0.4 is 0 Å². The molecule has 0 radical (unpaired) electrons. The second kappa shape index (κ2) is 11.5. The predicted octanol–water partition coefficient (Wildman–Crippen LogP) is 3.64. The molecular formula is C24H24O7S. The fourth-order valence-electron chi connectivity index (χ4n) is 3.16. The maximum atomic E-state index is 12.7. The minimum absolute atomic E-state index is 0.0587. The van der Waals surface area contributed by atoms with Crippen molar-refractivity contribution in [3.63, 3.8) is 0 Å². The first-order valence-electron chi connectivity index (χ1n) is 10.0. The fourth-order valence-corrected chi connectivity index (χ4v) is 4.60. The van der Waals surface area contributed by atoms with Crippen molar-refractivity contribution in [3.05, 3.63) is 84.4 Å². The normalized spacial score (nSPS) is 22.0. The summed E-state index contributed by atoms with van der Waals surface area (Å²) in [7, 11) is 0. The third kappa shape index (κ3) is 6.21. The summed E-state index contributed by atoms with van der Waals surface area (Å²) in [5.74, 6) is -1.55. The molecule has 0 aliphatic carbocycles. The molecule has 1 fully saturated rings. The fraction of sp³-hybridized carbons (Fsp3) is 0.292. The Labute approximate surface area is 190 Å². The van der Waals surface area contributed by atoms with Gasteiger partial charge in [-0.2, -0.15) is 0 Å². The lowest BCUT2D eigenvalue weighted by Crippen LogP contribution is -2.41. The van der Waals surface area contributed by atoms with Gasteiger partial charge in [0.2, 0.25) is 0 Å². The van der Waals surface area contributed by atoms with Crippen molar-refractivity contribution < 1.29 is 33.3 Å². The molecule has 0 N–H and O–H groups in total. The number of carbonyl (C=O) groups excluding carboxylic acids is 3. The maximum Gasteiger partial charge on any atom is 0.338 e. The molecule has 8 heteroatoms. The van der Waals surface area contributed by atoms with E-state index >= 15 is 0 Å². The third-order valence-electron chi connectivity index (χ3n) is 4.60. The highest BCUT2D eigenvalue weighted by molar-refractivity contribution is 8.00. The number of esters is 3. The number of ether oxygens (including phenoxy) is 4. The van der Waals surface area contributed by atoms with Crippen LogP contribution in [0.15, 0.2) is 73.3 Å². The summed E-state index contributed by atoms with van der Waals surface area (Å²) >= 11 is 1.22. The number of hydrogen-bond donors (Lipinski definition) is 0. The molecule has 7 nitrogen and oxygen atoms in total. The molecule has 0 saturated carbocycles. The van der Waals surface area contributed by atoms with E-state index in [9.17, 15) is 14.4 Å². The summed E-state index contributed by atoms with van der Waals surface area (Å²) in [4.78, 5) is 36.7. The van der Waals surface area contributed by atoms with Crippen LogP contribution in [0.3, 0.4) is 0 Å². The average molecular weight is 457 g/mol. The first kappa shape index (κ1) is 23.6. The Morgan fingerprint density at radius 1 is 0.906 bits per heavy atom. The lowest BCUT2D eigenvalue weighted by Gasteiger charge is -2.25. The van der Waals surface area contributed by atoms with Gasteiger partial charge in [0.15, 0.2) is 5.44 Å². The van der Waals surface area contributed by atoms with E-state index in [1.807, 2.05) is 0 Å². The molecule has 2 aromatic carbocycles. The van der Waals surface area contributed by atoms with E-state index in [-0.39, 0.29) is 13.2 Å². The molecule has 2 aromatic rings. The van der Waals surface area contributed by atoms with Crippen LogP contribution in [0.25, 0.3) is 0 Å². The van der Waals surface area contributed by atoms with E-state index in [4.69, 9.17) is 18.9 Å². The van der Waals surface area contributed by atoms with Crippen LogP contribution in [0.5, 0.6) is 0 Å². The summed E-state index contributed by atoms with van der Waals surface area (Å²) in [5, 5.41) is -0.505. The molecule has 0 aromatic heterocycles. The minimum Gasteiger partial charge on any atom is -0.461 e. The highest BCUT2D eigenvalue weighted by Crippen LogP contribution is 2.39. The van der Waals surface area contributed by atoms with Crippen molar-refractivity contribution in [3.8, 4) is 0 Å². The van der Waals surface area contributed by atoms with Gasteiger partial charge in [0, 0.05) is 6.92 Å². The van der Waals surface area contributed by atoms with Gasteiger partial charge in [0.05, 0.1) is 23.0 Å². The molecule has 1 unspecified atom stereocenters. The molecular weight excluding hydrogens is 432 g/mol. The van der Waals surface area contributed by atoms with Crippen LogP contribution in [-0.4, -0.2) is 54.0 Å². The largest absolute Gasteiger partial charge is 0.461 e. The van der Waals surface area contributed by atoms with Gasteiger partial charge in [-0.05, 0) is 24.3 Å². The van der Waals surface area contributed by atoms with E-state index in [2.05, 4.69) is 6.58 Å². The Hall–Kier alpha value is -3.10. The molecule has 168 valence electrons. The van der Waals surface area contributed by atoms with Gasteiger partial charge in [-0.25, -0.2) is 9.59 Å². The van der Waals surface area contributed by atoms with Crippen LogP contribution in [0.1, 0.15) is 27.6 Å². The number of carbonyl (C=O) groups is 3. The van der Waals surface area contributed by atoms with Crippen LogP contribution >= 0.6 is 11.8 Å². The Bertz CT molecular complexity index is 932. The Balaban J connectivity index is 1.78. The third-order valence-corrected chi connectivity index (χ3v) is 5.98. The highest BCUT2D eigenvalue weighted by Gasteiger charge is 2.50. The smallest absolute Gasteiger partial charge is 0.338 e. The van der Waals surface area contributed by atoms with Crippen molar-refractivity contribution in [2.45, 2.75) is 29.8 Å². The minimum atomic E-state index is -0.819. The molecule has 1 saturated heterocycles. The zero-order valence-corrected chi connectivity index (χ0v) is 18.4. The van der Waals surface area contributed by atoms with Crippen LogP contribution in [-0.2, 0) is 23.7 Å². The molecule has 32 heavy (non-hydrogen) atoms. The Morgan fingerprint density at radius 2 is 1.50 bits per heavy atom. The summed E-state index contributed by atoms with van der Waals surface area (Å²) < 4.78 is 22.4. The van der Waals surface area contributed by atoms with Gasteiger partial charge in [-0.1, -0.05) is 42.5 Å². The van der Waals surface area contributed by atoms with Gasteiger partial charge in [0.1, 0.15) is 18.8 Å². The van der Waals surface area contributed by atoms with E-state index in [0.29, 0.717) is 11.1 Å². The van der Waals surface area contributed by atoms with Crippen molar-refractivity contribution in [2.75, 3.05) is 13.2 Å². The molecule has 1 heterocycles. The molecule has 4 atom stereocenters. The number of thioether (sulfide) groups is 1. The van der Waals surface area contributed by atoms with Gasteiger partial charge in [-0.15, -0.1) is 18.3 Å². The summed E-state index contributed by atoms with van der Waals surface area (Å²) in [6.45, 7) is 5.03. The van der Waals surface area contributed by atoms with Crippen LogP contribution in [0.2, 0.25) is 0 Å². The molecule has 0 spiro atoms. The molecule has 1 aliphatic rings. The topological polar surface area (TPSA) is 88.1 Å². The first-order chi connectivity index (χ1) is 15.5. The maximum absolute atomic E-state index is 12.7. The number of benzene rings is 2. The van der Waals surface area contributed by atoms with Gasteiger partial charge < -0.3 is 18.9 Å². The van der Waals surface area contributed by atoms with E-state index in [0.717, 1.165) is 0 Å². The monoisotopic (exact) mass is 456 g/mol. The molecule has 3 rings (SSSR count). The van der Waals surface area contributed by atoms with E-state index in [1.54, 1.807) is 66.7 Å². The van der Waals surface area contributed by atoms with E-state index < -0.39 is 40.8 Å². The standard InChI is InChI=1S/C24H24O7S/c1-3-14-28-21-20(31-23(27)18-12-8-5-9-13-18)19(32-24(21)30-16(2)25)15-29-22(26)17-10-6-4-7-11-17/h3-13,19-21,24H,1,14-15H2,2H3/t19-,20+,21-,24?/m1/s1. The average Bonchev–Trinajstić information content (AvgIpc) is 3.12. The zero-order chi connectivity index (χ0) is 22.9. The molecule has 0 amide bonds. The van der Waals surface area contributed by atoms with Gasteiger partial charge >= 0.3 is 17.9 Å². The van der Waals surface area contributed by atoms with Crippen LogP contribution in [0, 0.1) is 0 Å². The van der Waals surface area contributed by atoms with Gasteiger partial charge in [0.25, 0.3) is 0 Å². The van der Waals surface area contributed by atoms with Crippen LogP contribution in [0.4, 0.5) is 0 Å². The zero-order valence-electron chi connectivity index (χ0n) is 17.5. The highest BCUT2D eigenvalue weighted by atomic mass is 32.2. The summed E-state index contributed by atoms with van der Waals surface area (Å²) in [6, 6.07) is 17.1. The molecule has 1 aliphatic heterocycles. The number of rotatable bonds is 9. The Morgan fingerprint density at radius 3 is 2.06 bits per heavy atom. The first-order valence-corrected chi connectivity index (χ1v) is 11.0. The molecule has 0 bridgehead atoms. The van der Waals surface area contributed by atoms with Gasteiger partial charge in [-0.3, -0.25) is 4.79 Å².